The van der Waals surface area contributed by atoms with E-state index >= 15 is 0 Å². The fourth-order valence-corrected chi connectivity index (χ4v) is 6.46. The summed E-state index contributed by atoms with van der Waals surface area (Å²) >= 11 is 12.3. The van der Waals surface area contributed by atoms with E-state index in [4.69, 9.17) is 45.9 Å². The summed E-state index contributed by atoms with van der Waals surface area (Å²) in [5.74, 6) is 49.4. The van der Waals surface area contributed by atoms with Crippen molar-refractivity contribution < 1.29 is 14.3 Å². The van der Waals surface area contributed by atoms with Crippen molar-refractivity contribution in [1.82, 2.24) is 15.0 Å². The van der Waals surface area contributed by atoms with E-state index in [-0.39, 0.29) is 25.7 Å². The summed E-state index contributed by atoms with van der Waals surface area (Å²) in [7, 11) is 0. The van der Waals surface area contributed by atoms with E-state index < -0.39 is 0 Å². The summed E-state index contributed by atoms with van der Waals surface area (Å²) in [6.07, 6.45) is 16.4. The molecule has 1 saturated heterocycles. The molecule has 2 aliphatic heterocycles. The second-order valence-corrected chi connectivity index (χ2v) is 13.2. The molecule has 6 rings (SSSR count). The lowest BCUT2D eigenvalue weighted by Gasteiger charge is -2.42. The topological polar surface area (TPSA) is 180 Å². The van der Waals surface area contributed by atoms with E-state index in [0.717, 1.165) is 60.8 Å². The SMILES string of the molecule is C#CC#CC#CC#CC#CC#CC#CC#CC#CC#CC#C.Nc1nccc(C2=NCc3nc(N4CCC5(CC4)Cc4ccccc4[C@H]5N)cnc32)c1Cl.S=N/N=N/N=N/N=C/I.[HH].[HH].[HH].[HH].[HH].[HH].[HH].[HH].[HH].[HH]. The van der Waals surface area contributed by atoms with Gasteiger partial charge in [0.25, 0.3) is 0 Å². The van der Waals surface area contributed by atoms with E-state index in [0.29, 0.717) is 17.4 Å². The van der Waals surface area contributed by atoms with Gasteiger partial charge in [-0.3, -0.25) is 4.99 Å². The van der Waals surface area contributed by atoms with Crippen LogP contribution in [0.3, 0.4) is 0 Å². The highest BCUT2D eigenvalue weighted by molar-refractivity contribution is 14.1. The van der Waals surface area contributed by atoms with Gasteiger partial charge < -0.3 is 16.4 Å². The Morgan fingerprint density at radius 1 is 0.810 bits per heavy atom. The first-order chi connectivity index (χ1) is 30.9. The molecule has 1 aromatic carbocycles. The van der Waals surface area contributed by atoms with Crippen molar-refractivity contribution in [2.75, 3.05) is 23.7 Å². The zero-order valence-electron chi connectivity index (χ0n) is 32.8. The van der Waals surface area contributed by atoms with Crippen LogP contribution in [0.15, 0.2) is 78.2 Å². The average molecular weight is 988 g/mol. The second-order valence-electron chi connectivity index (χ2n) is 12.1. The standard InChI is InChI=1S/C24H24ClN7.C22H2.CHIN6S.10H2/c25-19-16(5-8-28-23(19)27)20-21-17(12-29-20)31-18(13-30-21)32-9-6-24(7-10-32)11-14-3-1-2-4-15(14)22(24)26;1-3-5-7-9-11-13-15-17-19-21-22-20-18-16-14-12-10-8-6-4-2;2-1-3-4-5-6-7-8-9;;;;;;;;;;/h1-5,8,13,22H,6-7,9-12,26H2,(H2,27,28);1-2H;1H;10*1H/b;;3-1+,5-4+,7-6+;;;;;;;;;;/t22-;;;;;;;;;;;;/m1............/s1. The number of fused-ring (bicyclic) bond motifs is 2. The molecule has 3 aromatic rings. The summed E-state index contributed by atoms with van der Waals surface area (Å²) in [6, 6.07) is 10.5. The lowest BCUT2D eigenvalue weighted by atomic mass is 9.73. The Morgan fingerprint density at radius 2 is 1.37 bits per heavy atom. The van der Waals surface area contributed by atoms with Crippen molar-refractivity contribution in [3.05, 3.63) is 75.8 Å². The van der Waals surface area contributed by atoms with Crippen LogP contribution in [0.4, 0.5) is 11.6 Å². The molecular formula is C47H47ClIN13S. The van der Waals surface area contributed by atoms with Crippen LogP contribution in [0.5, 0.6) is 0 Å². The molecule has 0 bridgehead atoms. The molecular weight excluding hydrogens is 941 g/mol. The van der Waals surface area contributed by atoms with Crippen LogP contribution in [0, 0.1) is 137 Å². The van der Waals surface area contributed by atoms with Gasteiger partial charge in [0.2, 0.25) is 0 Å². The van der Waals surface area contributed by atoms with Crippen LogP contribution in [-0.2, 0) is 25.4 Å². The Balaban J connectivity index is -0.000000190. The summed E-state index contributed by atoms with van der Waals surface area (Å²) < 4.78 is 4.30. The molecule has 1 spiro atoms. The minimum absolute atomic E-state index is 0. The Labute approximate surface area is 404 Å². The van der Waals surface area contributed by atoms with E-state index in [1.807, 2.05) is 34.9 Å². The number of nitrogens with zero attached hydrogens (tertiary/aromatic N) is 11. The van der Waals surface area contributed by atoms with Gasteiger partial charge in [-0.25, -0.2) is 15.0 Å². The molecule has 2 aromatic heterocycles. The summed E-state index contributed by atoms with van der Waals surface area (Å²) in [5.41, 5.74) is 18.6. The highest BCUT2D eigenvalue weighted by Gasteiger charge is 2.46. The number of nitrogen functional groups attached to an aromatic ring is 1. The molecule has 4 heterocycles. The number of hydrogen-bond donors (Lipinski definition) is 2. The van der Waals surface area contributed by atoms with Crippen molar-refractivity contribution in [2.24, 2.45) is 46.6 Å². The normalized spacial score (nSPS) is 13.6. The van der Waals surface area contributed by atoms with Crippen LogP contribution in [0.2, 0.25) is 5.02 Å². The van der Waals surface area contributed by atoms with Gasteiger partial charge in [-0.05, 0) is 180 Å². The van der Waals surface area contributed by atoms with Crippen LogP contribution in [0.25, 0.3) is 0 Å². The lowest BCUT2D eigenvalue weighted by molar-refractivity contribution is 0.187. The zero-order valence-corrected chi connectivity index (χ0v) is 36.6. The molecule has 1 atom stereocenters. The summed E-state index contributed by atoms with van der Waals surface area (Å²) in [6.45, 7) is 2.34. The Morgan fingerprint density at radius 3 is 1.90 bits per heavy atom. The number of benzene rings is 1. The molecule has 16 heteroatoms. The van der Waals surface area contributed by atoms with Gasteiger partial charge in [-0.2, -0.15) is 0 Å². The number of hydrogen-bond acceptors (Lipinski definition) is 9. The fourth-order valence-electron chi connectivity index (χ4n) is 6.12. The Kier molecular flexibility index (Phi) is 20.2. The zero-order chi connectivity index (χ0) is 45.0. The van der Waals surface area contributed by atoms with Crippen LogP contribution in [-0.4, -0.2) is 38.0 Å². The van der Waals surface area contributed by atoms with Gasteiger partial charge in [-0.1, -0.05) is 40.3 Å². The minimum atomic E-state index is 0. The van der Waals surface area contributed by atoms with E-state index in [1.165, 1.54) is 15.3 Å². The van der Waals surface area contributed by atoms with Crippen molar-refractivity contribution in [1.29, 1.82) is 0 Å². The number of aromatic nitrogens is 3. The van der Waals surface area contributed by atoms with Gasteiger partial charge in [0.15, 0.2) is 0 Å². The maximum absolute atomic E-state index is 6.72. The minimum Gasteiger partial charge on any atom is -0.382 e. The average Bonchev–Trinajstić information content (AvgIpc) is 3.85. The molecule has 0 amide bonds. The number of aliphatic imine (C=N–C) groups is 1. The molecule has 4 N–H and O–H groups in total. The predicted molar refractivity (Wildman–Crippen MR) is 277 cm³/mol. The monoisotopic (exact) mass is 987 g/mol. The summed E-state index contributed by atoms with van der Waals surface area (Å²) in [4.78, 5) is 20.6. The smallest absolute Gasteiger partial charge is 0.147 e. The molecule has 13 nitrogen and oxygen atoms in total. The van der Waals surface area contributed by atoms with E-state index in [9.17, 15) is 0 Å². The van der Waals surface area contributed by atoms with E-state index in [1.54, 1.807) is 6.20 Å². The van der Waals surface area contributed by atoms with Gasteiger partial charge >= 0.3 is 0 Å². The van der Waals surface area contributed by atoms with E-state index in [2.05, 4.69) is 200 Å². The Hall–Kier alpha value is -8.25. The Bertz CT molecular complexity index is 3000. The molecule has 0 saturated carbocycles. The van der Waals surface area contributed by atoms with Crippen molar-refractivity contribution in [3.8, 4) is 131 Å². The molecule has 1 aliphatic carbocycles. The predicted octanol–water partition coefficient (Wildman–Crippen LogP) is 7.87. The molecule has 0 unspecified atom stereocenters. The van der Waals surface area contributed by atoms with Crippen LogP contribution < -0.4 is 16.4 Å². The third-order valence-electron chi connectivity index (χ3n) is 8.75. The molecule has 1 fully saturated rings. The molecule has 320 valence electrons. The number of pyridine rings is 1. The van der Waals surface area contributed by atoms with Crippen molar-refractivity contribution >= 4 is 68.2 Å². The summed E-state index contributed by atoms with van der Waals surface area (Å²) in [5, 5.41) is 16.0. The second kappa shape index (κ2) is 26.8. The number of terminal acetylenes is 2. The number of piperidine rings is 1. The number of nitrogens with two attached hydrogens (primary N) is 2. The number of halogens is 2. The van der Waals surface area contributed by atoms with Gasteiger partial charge in [0.05, 0.1) is 45.8 Å². The number of anilines is 2. The van der Waals surface area contributed by atoms with Crippen LogP contribution >= 0.6 is 34.2 Å². The quantitative estimate of drug-likeness (QED) is 0.0858. The maximum Gasteiger partial charge on any atom is 0.147 e. The molecule has 63 heavy (non-hydrogen) atoms. The third kappa shape index (κ3) is 14.8. The van der Waals surface area contributed by atoms with Crippen molar-refractivity contribution in [2.45, 2.75) is 31.8 Å². The highest BCUT2D eigenvalue weighted by atomic mass is 127. The third-order valence-corrected chi connectivity index (χ3v) is 9.47. The maximum atomic E-state index is 6.72. The highest BCUT2D eigenvalue weighted by Crippen LogP contribution is 2.51. The first-order valence-electron chi connectivity index (χ1n) is 17.9. The first-order valence-corrected chi connectivity index (χ1v) is 19.9. The largest absolute Gasteiger partial charge is 0.382 e. The van der Waals surface area contributed by atoms with Gasteiger partial charge in [0.1, 0.15) is 17.3 Å². The van der Waals surface area contributed by atoms with Gasteiger partial charge in [-0.15, -0.1) is 17.9 Å². The molecule has 3 aliphatic rings. The molecule has 0 radical (unpaired) electrons. The fraction of sp³-hybridized carbons (Fsp3) is 0.170. The van der Waals surface area contributed by atoms with Crippen LogP contribution in [0.1, 0.15) is 61.2 Å². The van der Waals surface area contributed by atoms with Crippen molar-refractivity contribution in [3.63, 3.8) is 0 Å². The number of rotatable bonds is 5. The van der Waals surface area contributed by atoms with Gasteiger partial charge in [0, 0.05) is 68.8 Å². The first kappa shape index (κ1) is 47.4. The lowest BCUT2D eigenvalue weighted by Crippen LogP contribution is -2.44.